The van der Waals surface area contributed by atoms with Crippen LogP contribution in [0.1, 0.15) is 27.0 Å². The molecule has 0 aliphatic rings. The van der Waals surface area contributed by atoms with Crippen LogP contribution in [0.4, 0.5) is 10.1 Å². The maximum Gasteiger partial charge on any atom is 0.335 e. The van der Waals surface area contributed by atoms with E-state index in [0.717, 1.165) is 9.87 Å². The van der Waals surface area contributed by atoms with Gasteiger partial charge in [-0.25, -0.2) is 17.6 Å². The van der Waals surface area contributed by atoms with E-state index in [1.807, 2.05) is 6.92 Å². The Morgan fingerprint density at radius 1 is 1.00 bits per heavy atom. The fourth-order valence-corrected chi connectivity index (χ4v) is 4.68. The normalized spacial score (nSPS) is 11.1. The first-order chi connectivity index (χ1) is 15.6. The lowest BCUT2D eigenvalue weighted by molar-refractivity contribution is -0.119. The number of nitrogens with one attached hydrogen (secondary N) is 1. The van der Waals surface area contributed by atoms with Crippen molar-refractivity contribution < 1.29 is 27.5 Å². The van der Waals surface area contributed by atoms with Crippen LogP contribution in [0.15, 0.2) is 71.6 Å². The number of carboxylic acids is 1. The molecular weight excluding hydrogens is 447 g/mol. The van der Waals surface area contributed by atoms with Gasteiger partial charge < -0.3 is 10.4 Å². The first-order valence-electron chi connectivity index (χ1n) is 10.0. The Labute approximate surface area is 191 Å². The Morgan fingerprint density at radius 3 is 2.33 bits per heavy atom. The number of sulfonamides is 1. The van der Waals surface area contributed by atoms with Crippen LogP contribution in [0, 0.1) is 19.7 Å². The Kier molecular flexibility index (Phi) is 7.13. The van der Waals surface area contributed by atoms with E-state index in [1.165, 1.54) is 49.4 Å². The molecule has 172 valence electrons. The summed E-state index contributed by atoms with van der Waals surface area (Å²) in [4.78, 5) is 23.8. The van der Waals surface area contributed by atoms with E-state index in [1.54, 1.807) is 24.3 Å². The number of hydrogen-bond donors (Lipinski definition) is 2. The van der Waals surface area contributed by atoms with Crippen LogP contribution in [-0.4, -0.2) is 31.9 Å². The molecule has 0 spiro atoms. The van der Waals surface area contributed by atoms with Crippen molar-refractivity contribution in [2.45, 2.75) is 25.3 Å². The molecule has 7 nitrogen and oxygen atoms in total. The van der Waals surface area contributed by atoms with Crippen LogP contribution >= 0.6 is 0 Å². The molecule has 9 heteroatoms. The third-order valence-corrected chi connectivity index (χ3v) is 6.84. The molecule has 3 rings (SSSR count). The van der Waals surface area contributed by atoms with Crippen molar-refractivity contribution in [1.29, 1.82) is 0 Å². The number of rotatable bonds is 8. The van der Waals surface area contributed by atoms with Crippen LogP contribution in [0.2, 0.25) is 0 Å². The number of anilines is 1. The molecule has 0 aliphatic carbocycles. The summed E-state index contributed by atoms with van der Waals surface area (Å²) in [5, 5.41) is 11.7. The largest absolute Gasteiger partial charge is 0.478 e. The van der Waals surface area contributed by atoms with Crippen molar-refractivity contribution in [2.24, 2.45) is 0 Å². The van der Waals surface area contributed by atoms with Gasteiger partial charge in [0, 0.05) is 12.1 Å². The third-order valence-electron chi connectivity index (χ3n) is 5.07. The summed E-state index contributed by atoms with van der Waals surface area (Å²) in [5.74, 6) is -2.32. The van der Waals surface area contributed by atoms with E-state index in [0.29, 0.717) is 5.56 Å². The number of hydrogen-bond acceptors (Lipinski definition) is 4. The van der Waals surface area contributed by atoms with E-state index in [-0.39, 0.29) is 28.3 Å². The maximum atomic E-state index is 14.2. The quantitative estimate of drug-likeness (QED) is 0.523. The summed E-state index contributed by atoms with van der Waals surface area (Å²) < 4.78 is 41.9. The number of halogens is 1. The predicted octanol–water partition coefficient (Wildman–Crippen LogP) is 3.65. The molecule has 0 unspecified atom stereocenters. The molecule has 33 heavy (non-hydrogen) atoms. The van der Waals surface area contributed by atoms with Gasteiger partial charge in [0.05, 0.1) is 16.1 Å². The van der Waals surface area contributed by atoms with Gasteiger partial charge in [0.25, 0.3) is 10.0 Å². The molecule has 0 radical (unpaired) electrons. The molecule has 3 aromatic carbocycles. The predicted molar refractivity (Wildman–Crippen MR) is 122 cm³/mol. The molecule has 0 aliphatic heterocycles. The van der Waals surface area contributed by atoms with Gasteiger partial charge in [0.15, 0.2) is 0 Å². The van der Waals surface area contributed by atoms with Crippen molar-refractivity contribution in [3.05, 3.63) is 94.8 Å². The molecule has 0 saturated heterocycles. The van der Waals surface area contributed by atoms with Gasteiger partial charge >= 0.3 is 5.97 Å². The van der Waals surface area contributed by atoms with Gasteiger partial charge in [-0.1, -0.05) is 35.9 Å². The molecule has 2 N–H and O–H groups in total. The van der Waals surface area contributed by atoms with Crippen LogP contribution in [0.5, 0.6) is 0 Å². The highest BCUT2D eigenvalue weighted by Gasteiger charge is 2.29. The van der Waals surface area contributed by atoms with Crippen LogP contribution in [-0.2, 0) is 21.4 Å². The fraction of sp³-hybridized carbons (Fsp3) is 0.167. The molecule has 0 fully saturated rings. The molecule has 3 aromatic rings. The number of benzene rings is 3. The first kappa shape index (κ1) is 23.9. The zero-order chi connectivity index (χ0) is 24.2. The highest BCUT2D eigenvalue weighted by atomic mass is 32.2. The van der Waals surface area contributed by atoms with Gasteiger partial charge in [-0.15, -0.1) is 0 Å². The van der Waals surface area contributed by atoms with Crippen molar-refractivity contribution in [1.82, 2.24) is 5.32 Å². The van der Waals surface area contributed by atoms with E-state index in [2.05, 4.69) is 5.32 Å². The van der Waals surface area contributed by atoms with Gasteiger partial charge in [-0.2, -0.15) is 0 Å². The fourth-order valence-electron chi connectivity index (χ4n) is 3.20. The maximum absolute atomic E-state index is 14.2. The average Bonchev–Trinajstić information content (AvgIpc) is 2.78. The van der Waals surface area contributed by atoms with Crippen molar-refractivity contribution in [3.63, 3.8) is 0 Å². The van der Waals surface area contributed by atoms with Crippen LogP contribution in [0.3, 0.4) is 0 Å². The summed E-state index contributed by atoms with van der Waals surface area (Å²) in [6.07, 6.45) is 0. The Balaban J connectivity index is 1.89. The van der Waals surface area contributed by atoms with E-state index >= 15 is 0 Å². The molecular formula is C24H23FN2O5S. The number of nitrogens with zero attached hydrogens (tertiary/aromatic N) is 1. The monoisotopic (exact) mass is 470 g/mol. The van der Waals surface area contributed by atoms with Gasteiger partial charge in [-0.05, 0) is 55.8 Å². The van der Waals surface area contributed by atoms with E-state index < -0.39 is 34.3 Å². The van der Waals surface area contributed by atoms with E-state index in [4.69, 9.17) is 5.11 Å². The molecule has 0 atom stereocenters. The van der Waals surface area contributed by atoms with Crippen molar-refractivity contribution >= 4 is 27.6 Å². The van der Waals surface area contributed by atoms with Gasteiger partial charge in [-0.3, -0.25) is 9.10 Å². The summed E-state index contributed by atoms with van der Waals surface area (Å²) in [7, 11) is -4.18. The minimum absolute atomic E-state index is 0.000502. The smallest absolute Gasteiger partial charge is 0.335 e. The highest BCUT2D eigenvalue weighted by molar-refractivity contribution is 7.92. The van der Waals surface area contributed by atoms with Crippen LogP contribution < -0.4 is 9.62 Å². The van der Waals surface area contributed by atoms with Crippen molar-refractivity contribution in [3.8, 4) is 0 Å². The second kappa shape index (κ2) is 9.83. The summed E-state index contributed by atoms with van der Waals surface area (Å²) in [5.41, 5.74) is 1.62. The lowest BCUT2D eigenvalue weighted by Crippen LogP contribution is -2.41. The molecule has 0 heterocycles. The lowest BCUT2D eigenvalue weighted by atomic mass is 10.1. The Bertz CT molecular complexity index is 1290. The Morgan fingerprint density at radius 2 is 1.67 bits per heavy atom. The molecule has 0 aromatic heterocycles. The minimum atomic E-state index is -4.18. The first-order valence-corrected chi connectivity index (χ1v) is 11.5. The van der Waals surface area contributed by atoms with Crippen molar-refractivity contribution in [2.75, 3.05) is 10.8 Å². The standard InChI is InChI=1S/C24H23FN2O5S/c1-16-9-11-20(12-10-16)33(31,32)27(22-8-4-7-21(25)17(22)2)15-23(28)26-14-18-5-3-6-19(13-18)24(29)30/h3-13H,14-15H2,1-2H3,(H,26,28)(H,29,30). The number of amides is 1. The summed E-state index contributed by atoms with van der Waals surface area (Å²) in [6.45, 7) is 2.68. The molecule has 0 saturated carbocycles. The van der Waals surface area contributed by atoms with Crippen LogP contribution in [0.25, 0.3) is 0 Å². The SMILES string of the molecule is Cc1ccc(S(=O)(=O)N(CC(=O)NCc2cccc(C(=O)O)c2)c2cccc(F)c2C)cc1. The zero-order valence-corrected chi connectivity index (χ0v) is 18.9. The summed E-state index contributed by atoms with van der Waals surface area (Å²) >= 11 is 0. The lowest BCUT2D eigenvalue weighted by Gasteiger charge is -2.26. The Hall–Kier alpha value is -3.72. The number of carbonyl (C=O) groups excluding carboxylic acids is 1. The minimum Gasteiger partial charge on any atom is -0.478 e. The number of carbonyl (C=O) groups is 2. The molecule has 1 amide bonds. The number of carboxylic acid groups (broad SMARTS) is 1. The number of aromatic carboxylic acids is 1. The van der Waals surface area contributed by atoms with E-state index in [9.17, 15) is 22.4 Å². The second-order valence-corrected chi connectivity index (χ2v) is 9.35. The third kappa shape index (κ3) is 5.56. The highest BCUT2D eigenvalue weighted by Crippen LogP contribution is 2.28. The topological polar surface area (TPSA) is 104 Å². The summed E-state index contributed by atoms with van der Waals surface area (Å²) in [6, 6.07) is 16.2. The van der Waals surface area contributed by atoms with Gasteiger partial charge in [0.1, 0.15) is 12.4 Å². The number of aryl methyl sites for hydroxylation is 1. The molecule has 0 bridgehead atoms. The zero-order valence-electron chi connectivity index (χ0n) is 18.1. The van der Waals surface area contributed by atoms with Gasteiger partial charge in [0.2, 0.25) is 5.91 Å². The second-order valence-electron chi connectivity index (χ2n) is 7.49. The average molecular weight is 471 g/mol.